The Morgan fingerprint density at radius 3 is 2.72 bits per heavy atom. The smallest absolute Gasteiger partial charge is 0.160 e. The van der Waals surface area contributed by atoms with Crippen LogP contribution in [0, 0.1) is 0 Å². The van der Waals surface area contributed by atoms with E-state index in [-0.39, 0.29) is 6.29 Å². The number of rotatable bonds is 5. The Kier molecular flexibility index (Phi) is 4.68. The molecule has 0 unspecified atom stereocenters. The van der Waals surface area contributed by atoms with Gasteiger partial charge in [-0.3, -0.25) is 4.68 Å². The standard InChI is InChI=1S/C20H22N2O3/c1-22-9-7-19(21-22)16-4-3-15-5-6-18(14-17(15)13-16)23-12-8-20-24-10-2-11-25-20/h3-7,9,13-14,20H,2,8,10-12H2,1H3. The van der Waals surface area contributed by atoms with Gasteiger partial charge in [0.1, 0.15) is 5.75 Å². The topological polar surface area (TPSA) is 45.5 Å². The minimum Gasteiger partial charge on any atom is -0.493 e. The first kappa shape index (κ1) is 16.1. The van der Waals surface area contributed by atoms with E-state index in [1.165, 1.54) is 5.39 Å². The second-order valence-corrected chi connectivity index (χ2v) is 6.26. The van der Waals surface area contributed by atoms with Gasteiger partial charge in [-0.15, -0.1) is 0 Å². The van der Waals surface area contributed by atoms with E-state index in [4.69, 9.17) is 14.2 Å². The molecule has 2 aromatic carbocycles. The lowest BCUT2D eigenvalue weighted by atomic mass is 10.0. The van der Waals surface area contributed by atoms with Gasteiger partial charge in [0.25, 0.3) is 0 Å². The van der Waals surface area contributed by atoms with Crippen LogP contribution in [0.5, 0.6) is 5.75 Å². The average molecular weight is 338 g/mol. The highest BCUT2D eigenvalue weighted by atomic mass is 16.7. The maximum absolute atomic E-state index is 5.89. The minimum absolute atomic E-state index is 0.134. The van der Waals surface area contributed by atoms with Crippen molar-refractivity contribution in [3.05, 3.63) is 48.7 Å². The molecule has 0 amide bonds. The Morgan fingerprint density at radius 1 is 1.08 bits per heavy atom. The van der Waals surface area contributed by atoms with Crippen LogP contribution in [-0.4, -0.2) is 35.9 Å². The fraction of sp³-hybridized carbons (Fsp3) is 0.350. The van der Waals surface area contributed by atoms with Crippen LogP contribution < -0.4 is 4.74 Å². The molecule has 1 aromatic heterocycles. The second kappa shape index (κ2) is 7.25. The van der Waals surface area contributed by atoms with Gasteiger partial charge in [-0.05, 0) is 41.5 Å². The highest BCUT2D eigenvalue weighted by molar-refractivity contribution is 5.87. The second-order valence-electron chi connectivity index (χ2n) is 6.26. The molecule has 1 aliphatic heterocycles. The van der Waals surface area contributed by atoms with E-state index in [2.05, 4.69) is 35.4 Å². The molecular weight excluding hydrogens is 316 g/mol. The number of ether oxygens (including phenoxy) is 3. The monoisotopic (exact) mass is 338 g/mol. The van der Waals surface area contributed by atoms with E-state index >= 15 is 0 Å². The molecule has 3 aromatic rings. The fourth-order valence-corrected chi connectivity index (χ4v) is 3.02. The van der Waals surface area contributed by atoms with Crippen molar-refractivity contribution in [1.29, 1.82) is 0 Å². The summed E-state index contributed by atoms with van der Waals surface area (Å²) in [5.74, 6) is 0.862. The molecule has 2 heterocycles. The van der Waals surface area contributed by atoms with E-state index in [0.717, 1.165) is 48.4 Å². The largest absolute Gasteiger partial charge is 0.493 e. The zero-order valence-electron chi connectivity index (χ0n) is 14.4. The normalized spacial score (nSPS) is 15.6. The summed E-state index contributed by atoms with van der Waals surface area (Å²) in [5, 5.41) is 6.80. The van der Waals surface area contributed by atoms with Crippen molar-refractivity contribution in [1.82, 2.24) is 9.78 Å². The highest BCUT2D eigenvalue weighted by Crippen LogP contribution is 2.26. The van der Waals surface area contributed by atoms with Gasteiger partial charge in [0.2, 0.25) is 0 Å². The molecule has 0 bridgehead atoms. The van der Waals surface area contributed by atoms with Crippen molar-refractivity contribution in [2.24, 2.45) is 7.05 Å². The van der Waals surface area contributed by atoms with Crippen LogP contribution in [0.15, 0.2) is 48.7 Å². The number of fused-ring (bicyclic) bond motifs is 1. The first-order valence-corrected chi connectivity index (χ1v) is 8.68. The number of benzene rings is 2. The van der Waals surface area contributed by atoms with Gasteiger partial charge in [0.15, 0.2) is 6.29 Å². The first-order valence-electron chi connectivity index (χ1n) is 8.68. The quantitative estimate of drug-likeness (QED) is 0.710. The Morgan fingerprint density at radius 2 is 1.92 bits per heavy atom. The molecular formula is C20H22N2O3. The SMILES string of the molecule is Cn1ccc(-c2ccc3ccc(OCCC4OCCCO4)cc3c2)n1. The minimum atomic E-state index is -0.134. The molecule has 0 radical (unpaired) electrons. The van der Waals surface area contributed by atoms with Crippen molar-refractivity contribution >= 4 is 10.8 Å². The van der Waals surface area contributed by atoms with Gasteiger partial charge in [0, 0.05) is 25.2 Å². The van der Waals surface area contributed by atoms with E-state index in [1.54, 1.807) is 0 Å². The lowest BCUT2D eigenvalue weighted by Crippen LogP contribution is -2.26. The molecule has 1 aliphatic rings. The summed E-state index contributed by atoms with van der Waals surface area (Å²) < 4.78 is 18.8. The number of nitrogens with zero attached hydrogens (tertiary/aromatic N) is 2. The Balaban J connectivity index is 1.46. The van der Waals surface area contributed by atoms with Gasteiger partial charge in [-0.1, -0.05) is 18.2 Å². The lowest BCUT2D eigenvalue weighted by Gasteiger charge is -2.23. The van der Waals surface area contributed by atoms with Gasteiger partial charge in [-0.2, -0.15) is 5.10 Å². The third-order valence-corrected chi connectivity index (χ3v) is 4.34. The third kappa shape index (κ3) is 3.83. The Bertz CT molecular complexity index is 853. The van der Waals surface area contributed by atoms with E-state index in [1.807, 2.05) is 30.1 Å². The number of hydrogen-bond donors (Lipinski definition) is 0. The third-order valence-electron chi connectivity index (χ3n) is 4.34. The molecule has 130 valence electrons. The van der Waals surface area contributed by atoms with Gasteiger partial charge >= 0.3 is 0 Å². The summed E-state index contributed by atoms with van der Waals surface area (Å²) in [7, 11) is 1.93. The summed E-state index contributed by atoms with van der Waals surface area (Å²) in [6, 6.07) is 14.6. The molecule has 0 spiro atoms. The van der Waals surface area contributed by atoms with Crippen molar-refractivity contribution in [3.8, 4) is 17.0 Å². The summed E-state index contributed by atoms with van der Waals surface area (Å²) in [6.45, 7) is 2.13. The molecule has 5 nitrogen and oxygen atoms in total. The summed E-state index contributed by atoms with van der Waals surface area (Å²) in [4.78, 5) is 0. The first-order chi connectivity index (χ1) is 12.3. The molecule has 1 fully saturated rings. The van der Waals surface area contributed by atoms with E-state index in [0.29, 0.717) is 6.61 Å². The lowest BCUT2D eigenvalue weighted by molar-refractivity contribution is -0.183. The van der Waals surface area contributed by atoms with Crippen molar-refractivity contribution < 1.29 is 14.2 Å². The predicted molar refractivity (Wildman–Crippen MR) is 96.6 cm³/mol. The average Bonchev–Trinajstić information content (AvgIpc) is 3.08. The zero-order valence-corrected chi connectivity index (χ0v) is 14.4. The molecule has 25 heavy (non-hydrogen) atoms. The summed E-state index contributed by atoms with van der Waals surface area (Å²) >= 11 is 0. The van der Waals surface area contributed by atoms with Crippen LogP contribution in [0.4, 0.5) is 0 Å². The van der Waals surface area contributed by atoms with Crippen LogP contribution in [0.2, 0.25) is 0 Å². The van der Waals surface area contributed by atoms with Crippen LogP contribution >= 0.6 is 0 Å². The maximum Gasteiger partial charge on any atom is 0.160 e. The van der Waals surface area contributed by atoms with Crippen molar-refractivity contribution in [2.75, 3.05) is 19.8 Å². The number of aromatic nitrogens is 2. The van der Waals surface area contributed by atoms with Crippen LogP contribution in [-0.2, 0) is 16.5 Å². The molecule has 4 rings (SSSR count). The molecule has 0 atom stereocenters. The molecule has 0 aliphatic carbocycles. The maximum atomic E-state index is 5.89. The predicted octanol–water partition coefficient (Wildman–Crippen LogP) is 3.77. The van der Waals surface area contributed by atoms with Crippen molar-refractivity contribution in [3.63, 3.8) is 0 Å². The van der Waals surface area contributed by atoms with Crippen LogP contribution in [0.1, 0.15) is 12.8 Å². The number of aryl methyl sites for hydroxylation is 1. The Hall–Kier alpha value is -2.37. The molecule has 5 heteroatoms. The van der Waals surface area contributed by atoms with E-state index < -0.39 is 0 Å². The summed E-state index contributed by atoms with van der Waals surface area (Å²) in [5.41, 5.74) is 2.08. The zero-order chi connectivity index (χ0) is 17.1. The number of hydrogen-bond acceptors (Lipinski definition) is 4. The fourth-order valence-electron chi connectivity index (χ4n) is 3.02. The van der Waals surface area contributed by atoms with Gasteiger partial charge < -0.3 is 14.2 Å². The van der Waals surface area contributed by atoms with Crippen LogP contribution in [0.3, 0.4) is 0 Å². The van der Waals surface area contributed by atoms with E-state index in [9.17, 15) is 0 Å². The van der Waals surface area contributed by atoms with Crippen molar-refractivity contribution in [2.45, 2.75) is 19.1 Å². The molecule has 0 N–H and O–H groups in total. The molecule has 0 saturated carbocycles. The summed E-state index contributed by atoms with van der Waals surface area (Å²) in [6.07, 6.45) is 3.53. The molecule has 1 saturated heterocycles. The van der Waals surface area contributed by atoms with Gasteiger partial charge in [-0.25, -0.2) is 0 Å². The highest BCUT2D eigenvalue weighted by Gasteiger charge is 2.14. The van der Waals surface area contributed by atoms with Gasteiger partial charge in [0.05, 0.1) is 25.5 Å². The van der Waals surface area contributed by atoms with Crippen LogP contribution in [0.25, 0.3) is 22.0 Å². The Labute approximate surface area is 147 Å².